The number of carbonyl (C=O) groups is 4. The maximum Gasteiger partial charge on any atom is 0.334 e. The molecule has 0 radical (unpaired) electrons. The van der Waals surface area contributed by atoms with Gasteiger partial charge in [0.1, 0.15) is 6.54 Å². The molecule has 1 aromatic carbocycles. The lowest BCUT2D eigenvalue weighted by Gasteiger charge is -2.34. The molecule has 0 spiro atoms. The molecule has 4 rings (SSSR count). The molecule has 2 atom stereocenters. The summed E-state index contributed by atoms with van der Waals surface area (Å²) in [6, 6.07) is 6.69. The second-order valence-corrected chi connectivity index (χ2v) is 7.60. The molecule has 1 saturated heterocycles. The van der Waals surface area contributed by atoms with E-state index < -0.39 is 24.4 Å². The van der Waals surface area contributed by atoms with Crippen molar-refractivity contribution in [2.45, 2.75) is 45.1 Å². The molecule has 142 valence electrons. The van der Waals surface area contributed by atoms with E-state index in [1.807, 2.05) is 31.2 Å². The highest BCUT2D eigenvalue weighted by Crippen LogP contribution is 2.32. The number of fused-ring (bicyclic) bond motifs is 1. The molecule has 2 aliphatic heterocycles. The predicted molar refractivity (Wildman–Crippen MR) is 97.9 cm³/mol. The highest BCUT2D eigenvalue weighted by atomic mass is 16.2. The van der Waals surface area contributed by atoms with Crippen LogP contribution in [0.3, 0.4) is 0 Å². The smallest absolute Gasteiger partial charge is 0.310 e. The zero-order valence-electron chi connectivity index (χ0n) is 15.4. The molecule has 3 aliphatic rings. The fraction of sp³-hybridized carbons (Fsp3) is 0.500. The molecular weight excluding hydrogens is 346 g/mol. The summed E-state index contributed by atoms with van der Waals surface area (Å²) in [7, 11) is 0. The quantitative estimate of drug-likeness (QED) is 0.603. The predicted octanol–water partition coefficient (Wildman–Crippen LogP) is 1.95. The van der Waals surface area contributed by atoms with Gasteiger partial charge in [0, 0.05) is 18.3 Å². The van der Waals surface area contributed by atoms with Gasteiger partial charge in [0.15, 0.2) is 0 Å². The summed E-state index contributed by atoms with van der Waals surface area (Å²) in [6.45, 7) is 2.13. The fourth-order valence-corrected chi connectivity index (χ4v) is 4.45. The molecule has 2 fully saturated rings. The Morgan fingerprint density at radius 2 is 1.81 bits per heavy atom. The van der Waals surface area contributed by atoms with E-state index in [0.29, 0.717) is 13.0 Å². The summed E-state index contributed by atoms with van der Waals surface area (Å²) in [5, 5.41) is 0. The van der Waals surface area contributed by atoms with Gasteiger partial charge in [-0.1, -0.05) is 38.0 Å². The Morgan fingerprint density at radius 1 is 1.07 bits per heavy atom. The van der Waals surface area contributed by atoms with Gasteiger partial charge in [-0.3, -0.25) is 19.3 Å². The van der Waals surface area contributed by atoms with E-state index >= 15 is 0 Å². The molecule has 0 aromatic heterocycles. The molecule has 0 unspecified atom stereocenters. The largest absolute Gasteiger partial charge is 0.334 e. The van der Waals surface area contributed by atoms with Crippen molar-refractivity contribution in [1.82, 2.24) is 9.80 Å². The van der Waals surface area contributed by atoms with Crippen LogP contribution in [0.15, 0.2) is 24.3 Å². The van der Waals surface area contributed by atoms with Gasteiger partial charge in [-0.05, 0) is 36.8 Å². The summed E-state index contributed by atoms with van der Waals surface area (Å²) < 4.78 is 0. The Kier molecular flexibility index (Phi) is 4.45. The van der Waals surface area contributed by atoms with Crippen LogP contribution < -0.4 is 4.90 Å². The van der Waals surface area contributed by atoms with E-state index in [2.05, 4.69) is 0 Å². The number of anilines is 1. The van der Waals surface area contributed by atoms with Crippen molar-refractivity contribution >= 4 is 29.4 Å². The third kappa shape index (κ3) is 2.91. The third-order valence-electron chi connectivity index (χ3n) is 5.96. The lowest BCUT2D eigenvalue weighted by atomic mass is 9.85. The van der Waals surface area contributed by atoms with Crippen LogP contribution in [0.5, 0.6) is 0 Å². The Balaban J connectivity index is 1.51. The van der Waals surface area contributed by atoms with Crippen molar-refractivity contribution in [2.24, 2.45) is 5.92 Å². The van der Waals surface area contributed by atoms with E-state index in [-0.39, 0.29) is 17.9 Å². The number of nitrogens with zero attached hydrogens (tertiary/aromatic N) is 3. The maximum atomic E-state index is 12.8. The van der Waals surface area contributed by atoms with Gasteiger partial charge in [-0.15, -0.1) is 0 Å². The molecule has 1 saturated carbocycles. The van der Waals surface area contributed by atoms with Gasteiger partial charge < -0.3 is 4.90 Å². The second-order valence-electron chi connectivity index (χ2n) is 7.60. The summed E-state index contributed by atoms with van der Waals surface area (Å²) in [6.07, 6.45) is 4.39. The van der Waals surface area contributed by atoms with E-state index in [1.54, 1.807) is 4.90 Å². The number of benzene rings is 1. The molecule has 2 heterocycles. The van der Waals surface area contributed by atoms with Crippen LogP contribution in [0.1, 0.15) is 38.2 Å². The highest BCUT2D eigenvalue weighted by molar-refractivity contribution is 6.45. The Bertz CT molecular complexity index is 821. The Labute approximate surface area is 157 Å². The zero-order valence-corrected chi connectivity index (χ0v) is 15.4. The van der Waals surface area contributed by atoms with E-state index in [9.17, 15) is 19.2 Å². The lowest BCUT2D eigenvalue weighted by molar-refractivity contribution is -0.145. The summed E-state index contributed by atoms with van der Waals surface area (Å²) in [5.74, 6) is -1.86. The van der Waals surface area contributed by atoms with E-state index in [4.69, 9.17) is 0 Å². The summed E-state index contributed by atoms with van der Waals surface area (Å²) in [4.78, 5) is 53.9. The molecule has 27 heavy (non-hydrogen) atoms. The minimum Gasteiger partial charge on any atom is -0.310 e. The van der Waals surface area contributed by atoms with Crippen molar-refractivity contribution in [3.8, 4) is 0 Å². The van der Waals surface area contributed by atoms with Gasteiger partial charge >= 0.3 is 17.8 Å². The molecule has 0 N–H and O–H groups in total. The number of urea groups is 1. The van der Waals surface area contributed by atoms with Gasteiger partial charge in [-0.2, -0.15) is 0 Å². The van der Waals surface area contributed by atoms with Crippen molar-refractivity contribution in [2.75, 3.05) is 18.0 Å². The first-order valence-electron chi connectivity index (χ1n) is 9.56. The molecule has 0 bridgehead atoms. The monoisotopic (exact) mass is 369 g/mol. The molecular formula is C20H23N3O4. The van der Waals surface area contributed by atoms with Crippen molar-refractivity contribution in [3.63, 3.8) is 0 Å². The maximum absolute atomic E-state index is 12.8. The second kappa shape index (κ2) is 6.79. The summed E-state index contributed by atoms with van der Waals surface area (Å²) in [5.41, 5.74) is 1.88. The van der Waals surface area contributed by atoms with Crippen LogP contribution in [-0.2, 0) is 20.8 Å². The molecule has 7 heteroatoms. The van der Waals surface area contributed by atoms with Crippen LogP contribution >= 0.6 is 0 Å². The first-order chi connectivity index (χ1) is 13.0. The number of amides is 5. The average molecular weight is 369 g/mol. The number of carbonyl (C=O) groups excluding carboxylic acids is 4. The van der Waals surface area contributed by atoms with Gasteiger partial charge in [0.05, 0.1) is 0 Å². The molecule has 1 aliphatic carbocycles. The SMILES string of the molecule is C[C@@H]1CCCC[C@@H]1N1C(=O)C(=O)N(CC(=O)N2CCc3ccccc32)C1=O. The van der Waals surface area contributed by atoms with Gasteiger partial charge in [-0.25, -0.2) is 9.69 Å². The zero-order chi connectivity index (χ0) is 19.1. The average Bonchev–Trinajstić information content (AvgIpc) is 3.18. The van der Waals surface area contributed by atoms with Crippen molar-refractivity contribution in [3.05, 3.63) is 29.8 Å². The van der Waals surface area contributed by atoms with Crippen LogP contribution in [-0.4, -0.2) is 52.7 Å². The standard InChI is InChI=1S/C20H23N3O4/c1-13-6-2-4-8-15(13)23-19(26)18(25)22(20(23)27)12-17(24)21-11-10-14-7-3-5-9-16(14)21/h3,5,7,9,13,15H,2,4,6,8,10-12H2,1H3/t13-,15+/m1/s1. The number of rotatable bonds is 3. The topological polar surface area (TPSA) is 78.0 Å². The third-order valence-corrected chi connectivity index (χ3v) is 5.96. The molecule has 7 nitrogen and oxygen atoms in total. The van der Waals surface area contributed by atoms with Crippen molar-refractivity contribution < 1.29 is 19.2 Å². The molecule has 5 amide bonds. The number of hydrogen-bond acceptors (Lipinski definition) is 4. The first-order valence-corrected chi connectivity index (χ1v) is 9.56. The Morgan fingerprint density at radius 3 is 2.59 bits per heavy atom. The van der Waals surface area contributed by atoms with Crippen molar-refractivity contribution in [1.29, 1.82) is 0 Å². The van der Waals surface area contributed by atoms with Gasteiger partial charge in [0.2, 0.25) is 5.91 Å². The first kappa shape index (κ1) is 17.7. The normalized spacial score (nSPS) is 25.4. The minimum atomic E-state index is -0.890. The minimum absolute atomic E-state index is 0.167. The Hall–Kier alpha value is -2.70. The van der Waals surface area contributed by atoms with Crippen LogP contribution in [0.25, 0.3) is 0 Å². The number of hydrogen-bond donors (Lipinski definition) is 0. The molecule has 1 aromatic rings. The highest BCUT2D eigenvalue weighted by Gasteiger charge is 2.50. The fourth-order valence-electron chi connectivity index (χ4n) is 4.45. The van der Waals surface area contributed by atoms with E-state index in [0.717, 1.165) is 46.7 Å². The number of imide groups is 2. The lowest BCUT2D eigenvalue weighted by Crippen LogP contribution is -2.47. The van der Waals surface area contributed by atoms with Gasteiger partial charge in [0.25, 0.3) is 0 Å². The van der Waals surface area contributed by atoms with Crippen LogP contribution in [0.4, 0.5) is 10.5 Å². The van der Waals surface area contributed by atoms with E-state index in [1.165, 1.54) is 0 Å². The number of para-hydroxylation sites is 1. The van der Waals surface area contributed by atoms with Crippen LogP contribution in [0.2, 0.25) is 0 Å². The van der Waals surface area contributed by atoms with Crippen LogP contribution in [0, 0.1) is 5.92 Å². The summed E-state index contributed by atoms with van der Waals surface area (Å²) >= 11 is 0.